The van der Waals surface area contributed by atoms with E-state index in [1.54, 1.807) is 0 Å². The zero-order valence-electron chi connectivity index (χ0n) is 11.5. The van der Waals surface area contributed by atoms with Gasteiger partial charge in [0.15, 0.2) is 0 Å². The molecule has 0 radical (unpaired) electrons. The van der Waals surface area contributed by atoms with E-state index in [0.717, 1.165) is 18.4 Å². The molecule has 2 aliphatic carbocycles. The lowest BCUT2D eigenvalue weighted by molar-refractivity contribution is 0.151. The molecule has 0 aromatic rings. The van der Waals surface area contributed by atoms with Crippen LogP contribution in [-0.4, -0.2) is 31.1 Å². The second-order valence-electron chi connectivity index (χ2n) is 6.29. The maximum absolute atomic E-state index is 6.05. The van der Waals surface area contributed by atoms with Gasteiger partial charge < -0.3 is 10.6 Å². The maximum atomic E-state index is 6.05. The number of nitrogens with zero attached hydrogens (tertiary/aromatic N) is 1. The van der Waals surface area contributed by atoms with Crippen LogP contribution in [-0.2, 0) is 0 Å². The first-order valence-corrected chi connectivity index (χ1v) is 7.71. The van der Waals surface area contributed by atoms with Crippen LogP contribution in [0.1, 0.15) is 57.8 Å². The zero-order chi connectivity index (χ0) is 12.1. The first-order chi connectivity index (χ1) is 8.31. The molecule has 0 saturated heterocycles. The van der Waals surface area contributed by atoms with Crippen molar-refractivity contribution >= 4 is 0 Å². The highest BCUT2D eigenvalue weighted by Gasteiger charge is 2.29. The van der Waals surface area contributed by atoms with E-state index in [9.17, 15) is 0 Å². The Morgan fingerprint density at radius 3 is 2.12 bits per heavy atom. The average molecular weight is 238 g/mol. The van der Waals surface area contributed by atoms with Gasteiger partial charge in [-0.15, -0.1) is 0 Å². The van der Waals surface area contributed by atoms with Crippen molar-refractivity contribution in [2.45, 2.75) is 63.8 Å². The van der Waals surface area contributed by atoms with Crippen LogP contribution >= 0.6 is 0 Å². The highest BCUT2D eigenvalue weighted by atomic mass is 15.1. The molecule has 0 spiro atoms. The van der Waals surface area contributed by atoms with Gasteiger partial charge in [0.1, 0.15) is 0 Å². The molecular formula is C15H30N2. The molecule has 1 atom stereocenters. The van der Waals surface area contributed by atoms with E-state index in [2.05, 4.69) is 11.9 Å². The minimum atomic E-state index is 0.647. The summed E-state index contributed by atoms with van der Waals surface area (Å²) in [5.74, 6) is 1.85. The van der Waals surface area contributed by atoms with Crippen LogP contribution in [0.25, 0.3) is 0 Å². The fourth-order valence-corrected chi connectivity index (χ4v) is 3.45. The highest BCUT2D eigenvalue weighted by molar-refractivity contribution is 4.84. The lowest BCUT2D eigenvalue weighted by Gasteiger charge is -2.35. The first kappa shape index (κ1) is 13.4. The molecule has 2 aliphatic rings. The van der Waals surface area contributed by atoms with Crippen molar-refractivity contribution in [1.82, 2.24) is 4.90 Å². The number of rotatable bonds is 5. The monoisotopic (exact) mass is 238 g/mol. The summed E-state index contributed by atoms with van der Waals surface area (Å²) in [7, 11) is 2.30. The molecule has 2 nitrogen and oxygen atoms in total. The minimum absolute atomic E-state index is 0.647. The molecular weight excluding hydrogens is 208 g/mol. The average Bonchev–Trinajstić information content (AvgIpc) is 3.05. The minimum Gasteiger partial charge on any atom is -0.329 e. The van der Waals surface area contributed by atoms with Gasteiger partial charge in [0.05, 0.1) is 0 Å². The quantitative estimate of drug-likeness (QED) is 0.798. The Morgan fingerprint density at radius 2 is 1.59 bits per heavy atom. The number of hydrogen-bond donors (Lipinski definition) is 1. The fraction of sp³-hybridized carbons (Fsp3) is 1.00. The molecule has 100 valence electrons. The van der Waals surface area contributed by atoms with E-state index in [0.29, 0.717) is 6.04 Å². The van der Waals surface area contributed by atoms with Crippen molar-refractivity contribution in [3.05, 3.63) is 0 Å². The lowest BCUT2D eigenvalue weighted by Crippen LogP contribution is -2.44. The Hall–Kier alpha value is -0.0800. The predicted octanol–water partition coefficient (Wildman–Crippen LogP) is 3.02. The molecule has 2 N–H and O–H groups in total. The van der Waals surface area contributed by atoms with Gasteiger partial charge in [-0.25, -0.2) is 0 Å². The molecule has 0 aromatic carbocycles. The summed E-state index contributed by atoms with van der Waals surface area (Å²) in [6, 6.07) is 0.647. The standard InChI is InChI=1S/C15H30N2/c1-17(12-13-9-10-13)15(11-16)14-7-5-3-2-4-6-8-14/h13-15H,2-12,16H2,1H3. The lowest BCUT2D eigenvalue weighted by atomic mass is 9.85. The second kappa shape index (κ2) is 6.75. The Morgan fingerprint density at radius 1 is 1.00 bits per heavy atom. The van der Waals surface area contributed by atoms with E-state index < -0.39 is 0 Å². The van der Waals surface area contributed by atoms with Crippen LogP contribution in [0.3, 0.4) is 0 Å². The number of nitrogens with two attached hydrogens (primary N) is 1. The molecule has 2 fully saturated rings. The van der Waals surface area contributed by atoms with Crippen LogP contribution in [0, 0.1) is 11.8 Å². The predicted molar refractivity (Wildman–Crippen MR) is 74.0 cm³/mol. The molecule has 2 heteroatoms. The van der Waals surface area contributed by atoms with Crippen LogP contribution in [0.5, 0.6) is 0 Å². The Labute approximate surface area is 107 Å². The Balaban J connectivity index is 1.84. The molecule has 0 bridgehead atoms. The fourth-order valence-electron chi connectivity index (χ4n) is 3.45. The zero-order valence-corrected chi connectivity index (χ0v) is 11.5. The third-order valence-corrected chi connectivity index (χ3v) is 4.74. The van der Waals surface area contributed by atoms with Gasteiger partial charge in [-0.2, -0.15) is 0 Å². The SMILES string of the molecule is CN(CC1CC1)C(CN)C1CCCCCCC1. The van der Waals surface area contributed by atoms with Crippen molar-refractivity contribution in [3.8, 4) is 0 Å². The molecule has 2 saturated carbocycles. The van der Waals surface area contributed by atoms with Crippen LogP contribution < -0.4 is 5.73 Å². The van der Waals surface area contributed by atoms with Crippen LogP contribution in [0.15, 0.2) is 0 Å². The van der Waals surface area contributed by atoms with Gasteiger partial charge in [-0.1, -0.05) is 32.1 Å². The van der Waals surface area contributed by atoms with Crippen molar-refractivity contribution in [3.63, 3.8) is 0 Å². The van der Waals surface area contributed by atoms with E-state index >= 15 is 0 Å². The van der Waals surface area contributed by atoms with Crippen molar-refractivity contribution < 1.29 is 0 Å². The molecule has 1 unspecified atom stereocenters. The third kappa shape index (κ3) is 4.26. The third-order valence-electron chi connectivity index (χ3n) is 4.74. The van der Waals surface area contributed by atoms with E-state index in [1.807, 2.05) is 0 Å². The summed E-state index contributed by atoms with van der Waals surface area (Å²) in [5.41, 5.74) is 6.05. The van der Waals surface area contributed by atoms with Crippen LogP contribution in [0.4, 0.5) is 0 Å². The van der Waals surface area contributed by atoms with Gasteiger partial charge in [-0.05, 0) is 44.6 Å². The summed E-state index contributed by atoms with van der Waals surface area (Å²) in [6.45, 7) is 2.15. The summed E-state index contributed by atoms with van der Waals surface area (Å²) in [4.78, 5) is 2.57. The summed E-state index contributed by atoms with van der Waals surface area (Å²) < 4.78 is 0. The van der Waals surface area contributed by atoms with E-state index in [4.69, 9.17) is 5.73 Å². The second-order valence-corrected chi connectivity index (χ2v) is 6.29. The molecule has 2 rings (SSSR count). The van der Waals surface area contributed by atoms with Crippen molar-refractivity contribution in [2.75, 3.05) is 20.1 Å². The van der Waals surface area contributed by atoms with Gasteiger partial charge >= 0.3 is 0 Å². The first-order valence-electron chi connectivity index (χ1n) is 7.71. The molecule has 0 aliphatic heterocycles. The van der Waals surface area contributed by atoms with Gasteiger partial charge in [0, 0.05) is 19.1 Å². The van der Waals surface area contributed by atoms with Gasteiger partial charge in [-0.3, -0.25) is 0 Å². The molecule has 0 heterocycles. The summed E-state index contributed by atoms with van der Waals surface area (Å²) >= 11 is 0. The molecule has 0 amide bonds. The summed E-state index contributed by atoms with van der Waals surface area (Å²) in [5, 5.41) is 0. The van der Waals surface area contributed by atoms with E-state index in [-0.39, 0.29) is 0 Å². The number of hydrogen-bond acceptors (Lipinski definition) is 2. The molecule has 17 heavy (non-hydrogen) atoms. The van der Waals surface area contributed by atoms with Gasteiger partial charge in [0.25, 0.3) is 0 Å². The van der Waals surface area contributed by atoms with E-state index in [1.165, 1.54) is 64.3 Å². The van der Waals surface area contributed by atoms with Crippen molar-refractivity contribution in [2.24, 2.45) is 17.6 Å². The topological polar surface area (TPSA) is 29.3 Å². The number of likely N-dealkylation sites (N-methyl/N-ethyl adjacent to an activating group) is 1. The van der Waals surface area contributed by atoms with Crippen LogP contribution in [0.2, 0.25) is 0 Å². The van der Waals surface area contributed by atoms with Gasteiger partial charge in [0.2, 0.25) is 0 Å². The Bertz CT molecular complexity index is 205. The molecule has 0 aromatic heterocycles. The highest BCUT2D eigenvalue weighted by Crippen LogP contribution is 2.32. The largest absolute Gasteiger partial charge is 0.329 e. The normalized spacial score (nSPS) is 25.6. The smallest absolute Gasteiger partial charge is 0.0243 e. The van der Waals surface area contributed by atoms with Crippen molar-refractivity contribution in [1.29, 1.82) is 0 Å². The summed E-state index contributed by atoms with van der Waals surface area (Å²) in [6.07, 6.45) is 12.9. The maximum Gasteiger partial charge on any atom is 0.0243 e. The Kier molecular flexibility index (Phi) is 5.30.